The van der Waals surface area contributed by atoms with Crippen molar-refractivity contribution in [1.29, 1.82) is 0 Å². The highest BCUT2D eigenvalue weighted by atomic mass is 32.2. The van der Waals surface area contributed by atoms with Gasteiger partial charge in [-0.3, -0.25) is 9.59 Å². The molecule has 0 bridgehead atoms. The van der Waals surface area contributed by atoms with Crippen LogP contribution in [-0.2, 0) is 16.1 Å². The van der Waals surface area contributed by atoms with Crippen LogP contribution < -0.4 is 11.1 Å². The maximum Gasteiger partial charge on any atom is 0.236 e. The molecule has 0 aliphatic carbocycles. The van der Waals surface area contributed by atoms with Gasteiger partial charge in [-0.2, -0.15) is 0 Å². The quantitative estimate of drug-likeness (QED) is 0.488. The van der Waals surface area contributed by atoms with Gasteiger partial charge >= 0.3 is 0 Å². The Bertz CT molecular complexity index is 417. The molecule has 1 heterocycles. The van der Waals surface area contributed by atoms with Crippen molar-refractivity contribution in [2.45, 2.75) is 11.7 Å². The Morgan fingerprint density at radius 2 is 2.41 bits per heavy atom. The van der Waals surface area contributed by atoms with E-state index in [1.54, 1.807) is 17.0 Å². The minimum absolute atomic E-state index is 0.154. The molecule has 8 heteroatoms. The maximum atomic E-state index is 11.3. The van der Waals surface area contributed by atoms with Gasteiger partial charge < -0.3 is 15.6 Å². The van der Waals surface area contributed by atoms with E-state index in [0.717, 1.165) is 0 Å². The molecule has 0 saturated heterocycles. The first kappa shape index (κ1) is 13.2. The molecule has 0 aliphatic rings. The predicted octanol–water partition coefficient (Wildman–Crippen LogP) is -0.842. The summed E-state index contributed by atoms with van der Waals surface area (Å²) in [6.45, 7) is 4.03. The van der Waals surface area contributed by atoms with Gasteiger partial charge in [0.1, 0.15) is 6.33 Å². The number of nitrogens with zero attached hydrogens (tertiary/aromatic N) is 3. The normalized spacial score (nSPS) is 9.88. The van der Waals surface area contributed by atoms with E-state index in [9.17, 15) is 9.59 Å². The van der Waals surface area contributed by atoms with Crippen LogP contribution in [0.5, 0.6) is 0 Å². The van der Waals surface area contributed by atoms with E-state index >= 15 is 0 Å². The highest BCUT2D eigenvalue weighted by Gasteiger charge is 2.08. The largest absolute Gasteiger partial charge is 0.368 e. The summed E-state index contributed by atoms with van der Waals surface area (Å²) in [6.07, 6.45) is 3.27. The molecule has 1 aromatic rings. The van der Waals surface area contributed by atoms with Crippen molar-refractivity contribution in [3.05, 3.63) is 19.0 Å². The first-order chi connectivity index (χ1) is 8.13. The van der Waals surface area contributed by atoms with Crippen LogP contribution in [0.2, 0.25) is 0 Å². The summed E-state index contributed by atoms with van der Waals surface area (Å²) >= 11 is 1.23. The van der Waals surface area contributed by atoms with Crippen LogP contribution in [0.3, 0.4) is 0 Å². The van der Waals surface area contributed by atoms with Gasteiger partial charge in [0.05, 0.1) is 12.3 Å². The van der Waals surface area contributed by atoms with E-state index in [2.05, 4.69) is 22.1 Å². The minimum Gasteiger partial charge on any atom is -0.368 e. The third kappa shape index (κ3) is 4.68. The smallest absolute Gasteiger partial charge is 0.236 e. The maximum absolute atomic E-state index is 11.3. The summed E-state index contributed by atoms with van der Waals surface area (Å²) < 4.78 is 1.76. The Morgan fingerprint density at radius 1 is 1.65 bits per heavy atom. The summed E-state index contributed by atoms with van der Waals surface area (Å²) in [7, 11) is 0. The molecule has 0 aliphatic heterocycles. The second kappa shape index (κ2) is 6.69. The molecule has 0 fully saturated rings. The molecule has 3 N–H and O–H groups in total. The van der Waals surface area contributed by atoms with Crippen molar-refractivity contribution >= 4 is 23.6 Å². The number of nitrogens with two attached hydrogens (primary N) is 1. The van der Waals surface area contributed by atoms with Crippen molar-refractivity contribution in [3.8, 4) is 0 Å². The van der Waals surface area contributed by atoms with E-state index in [-0.39, 0.29) is 18.2 Å². The zero-order valence-electron chi connectivity index (χ0n) is 9.13. The van der Waals surface area contributed by atoms with Crippen LogP contribution in [0.15, 0.2) is 24.1 Å². The zero-order chi connectivity index (χ0) is 12.7. The zero-order valence-corrected chi connectivity index (χ0v) is 9.94. The molecule has 1 aromatic heterocycles. The number of nitrogens with one attached hydrogen (secondary N) is 1. The van der Waals surface area contributed by atoms with Crippen molar-refractivity contribution in [3.63, 3.8) is 0 Å². The van der Waals surface area contributed by atoms with E-state index in [0.29, 0.717) is 11.7 Å². The highest BCUT2D eigenvalue weighted by molar-refractivity contribution is 7.99. The topological polar surface area (TPSA) is 103 Å². The van der Waals surface area contributed by atoms with Crippen LogP contribution in [0.25, 0.3) is 0 Å². The summed E-state index contributed by atoms with van der Waals surface area (Å²) in [4.78, 5) is 21.7. The summed E-state index contributed by atoms with van der Waals surface area (Å²) in [5.74, 6) is -0.691. The van der Waals surface area contributed by atoms with Crippen LogP contribution >= 0.6 is 11.8 Å². The molecule has 7 nitrogen and oxygen atoms in total. The Hall–Kier alpha value is -1.83. The number of hydrogen-bond acceptors (Lipinski definition) is 5. The molecule has 0 spiro atoms. The fourth-order valence-electron chi connectivity index (χ4n) is 0.987. The van der Waals surface area contributed by atoms with E-state index < -0.39 is 5.91 Å². The molecule has 0 atom stereocenters. The van der Waals surface area contributed by atoms with Crippen molar-refractivity contribution in [2.24, 2.45) is 5.73 Å². The number of amides is 2. The van der Waals surface area contributed by atoms with Gasteiger partial charge in [0.2, 0.25) is 11.8 Å². The van der Waals surface area contributed by atoms with Gasteiger partial charge in [-0.05, 0) is 0 Å². The third-order valence-corrected chi connectivity index (χ3v) is 2.68. The molecular formula is C9H13N5O2S. The first-order valence-corrected chi connectivity index (χ1v) is 5.78. The van der Waals surface area contributed by atoms with Gasteiger partial charge in [-0.1, -0.05) is 17.8 Å². The molecule has 0 aromatic carbocycles. The van der Waals surface area contributed by atoms with Gasteiger partial charge in [-0.15, -0.1) is 16.8 Å². The number of primary amides is 1. The highest BCUT2D eigenvalue weighted by Crippen LogP contribution is 2.13. The molecule has 92 valence electrons. The van der Waals surface area contributed by atoms with Gasteiger partial charge in [-0.25, -0.2) is 0 Å². The lowest BCUT2D eigenvalue weighted by Crippen LogP contribution is -2.34. The Balaban J connectivity index is 2.38. The minimum atomic E-state index is -0.571. The van der Waals surface area contributed by atoms with Gasteiger partial charge in [0, 0.05) is 6.54 Å². The first-order valence-electron chi connectivity index (χ1n) is 4.80. The molecule has 1 rings (SSSR count). The van der Waals surface area contributed by atoms with E-state index in [1.807, 2.05) is 0 Å². The van der Waals surface area contributed by atoms with E-state index in [1.165, 1.54) is 11.8 Å². The molecule has 0 saturated carbocycles. The van der Waals surface area contributed by atoms with Gasteiger partial charge in [0.15, 0.2) is 5.16 Å². The summed E-state index contributed by atoms with van der Waals surface area (Å²) in [6, 6.07) is 0. The number of hydrogen-bond donors (Lipinski definition) is 2. The third-order valence-electron chi connectivity index (χ3n) is 1.70. The summed E-state index contributed by atoms with van der Waals surface area (Å²) in [5.41, 5.74) is 4.90. The van der Waals surface area contributed by atoms with Crippen LogP contribution in [0.4, 0.5) is 0 Å². The van der Waals surface area contributed by atoms with Gasteiger partial charge in [0.25, 0.3) is 0 Å². The van der Waals surface area contributed by atoms with Crippen molar-refractivity contribution < 1.29 is 9.59 Å². The Labute approximate surface area is 102 Å². The Kier molecular flexibility index (Phi) is 5.21. The Morgan fingerprint density at radius 3 is 3.06 bits per heavy atom. The second-order valence-electron chi connectivity index (χ2n) is 3.09. The number of carbonyl (C=O) groups is 2. The lowest BCUT2D eigenvalue weighted by atomic mass is 10.6. The number of thioether (sulfide) groups is 1. The fraction of sp³-hybridized carbons (Fsp3) is 0.333. The molecule has 0 unspecified atom stereocenters. The standard InChI is InChI=1S/C9H13N5O2S/c1-2-3-14-6-12-13-9(14)17-5-8(16)11-4-7(10)15/h2,6H,1,3-5H2,(H2,10,15)(H,11,16). The van der Waals surface area contributed by atoms with E-state index in [4.69, 9.17) is 5.73 Å². The molecule has 0 radical (unpaired) electrons. The lowest BCUT2D eigenvalue weighted by molar-refractivity contribution is -0.123. The monoisotopic (exact) mass is 255 g/mol. The van der Waals surface area contributed by atoms with Crippen LogP contribution in [-0.4, -0.2) is 38.9 Å². The second-order valence-corrected chi connectivity index (χ2v) is 4.03. The molecule has 2 amide bonds. The SMILES string of the molecule is C=CCn1cnnc1SCC(=O)NCC(N)=O. The number of carbonyl (C=O) groups excluding carboxylic acids is 2. The predicted molar refractivity (Wildman–Crippen MR) is 63.1 cm³/mol. The number of rotatable bonds is 7. The van der Waals surface area contributed by atoms with Crippen LogP contribution in [0, 0.1) is 0 Å². The molecule has 17 heavy (non-hydrogen) atoms. The summed E-state index contributed by atoms with van der Waals surface area (Å²) in [5, 5.41) is 10.6. The number of allylic oxidation sites excluding steroid dienone is 1. The van der Waals surface area contributed by atoms with Crippen molar-refractivity contribution in [1.82, 2.24) is 20.1 Å². The van der Waals surface area contributed by atoms with Crippen LogP contribution in [0.1, 0.15) is 0 Å². The number of aromatic nitrogens is 3. The molecular weight excluding hydrogens is 242 g/mol. The average Bonchev–Trinajstić information content (AvgIpc) is 2.71. The van der Waals surface area contributed by atoms with Crippen molar-refractivity contribution in [2.75, 3.05) is 12.3 Å². The fourth-order valence-corrected chi connectivity index (χ4v) is 1.74. The average molecular weight is 255 g/mol. The lowest BCUT2D eigenvalue weighted by Gasteiger charge is -2.03.